The first-order chi connectivity index (χ1) is 15.0. The molecule has 8 nitrogen and oxygen atoms in total. The molecule has 3 aliphatic rings. The van der Waals surface area contributed by atoms with Gasteiger partial charge in [0.25, 0.3) is 0 Å². The molecule has 0 unspecified atom stereocenters. The van der Waals surface area contributed by atoms with E-state index >= 15 is 0 Å². The minimum Gasteiger partial charge on any atom is -0.258 e. The number of rotatable bonds is 8. The van der Waals surface area contributed by atoms with Gasteiger partial charge in [0.05, 0.1) is 13.2 Å². The highest BCUT2D eigenvalue weighted by molar-refractivity contribution is 7.84. The molecule has 0 N–H and O–H groups in total. The Morgan fingerprint density at radius 2 is 0.906 bits per heavy atom. The van der Waals surface area contributed by atoms with Crippen molar-refractivity contribution in [1.82, 2.24) is 8.61 Å². The van der Waals surface area contributed by atoms with Crippen molar-refractivity contribution in [3.8, 4) is 0 Å². The van der Waals surface area contributed by atoms with Crippen LogP contribution < -0.4 is 0 Å². The van der Waals surface area contributed by atoms with Crippen LogP contribution in [0.2, 0.25) is 0 Å². The third-order valence-electron chi connectivity index (χ3n) is 6.45. The Morgan fingerprint density at radius 1 is 0.625 bits per heavy atom. The molecule has 2 bridgehead atoms. The molecular weight excluding hydrogens is 452 g/mol. The van der Waals surface area contributed by atoms with E-state index in [1.165, 1.54) is 28.2 Å². The van der Waals surface area contributed by atoms with Crippen LogP contribution >= 0.6 is 0 Å². The quantitative estimate of drug-likeness (QED) is 0.575. The molecule has 0 radical (unpaired) electrons. The van der Waals surface area contributed by atoms with Crippen LogP contribution in [0.4, 0.5) is 0 Å². The normalized spacial score (nSPS) is 24.6. The van der Waals surface area contributed by atoms with Gasteiger partial charge in [-0.05, 0) is 22.3 Å². The Bertz CT molecular complexity index is 1070. The molecule has 32 heavy (non-hydrogen) atoms. The Morgan fingerprint density at radius 3 is 1.16 bits per heavy atom. The average molecular weight is 481 g/mol. The second-order valence-electron chi connectivity index (χ2n) is 8.59. The van der Waals surface area contributed by atoms with Gasteiger partial charge in [0, 0.05) is 51.9 Å². The zero-order chi connectivity index (χ0) is 23.3. The van der Waals surface area contributed by atoms with Crippen LogP contribution in [0.1, 0.15) is 34.1 Å². The molecule has 0 spiro atoms. The molecule has 2 atom stereocenters. The number of hydrogen-bond acceptors (Lipinski definition) is 6. The zero-order valence-electron chi connectivity index (χ0n) is 18.5. The maximum atomic E-state index is 12.4. The van der Waals surface area contributed by atoms with Crippen LogP contribution in [0.15, 0.2) is 48.5 Å². The first kappa shape index (κ1) is 23.3. The summed E-state index contributed by atoms with van der Waals surface area (Å²) < 4.78 is 62.3. The smallest absolute Gasteiger partial charge is 0.258 e. The Labute approximate surface area is 190 Å². The number of fused-ring (bicyclic) bond motifs is 1. The zero-order valence-corrected chi connectivity index (χ0v) is 20.1. The van der Waals surface area contributed by atoms with E-state index in [4.69, 9.17) is 8.37 Å². The summed E-state index contributed by atoms with van der Waals surface area (Å²) in [5, 5.41) is 0. The van der Waals surface area contributed by atoms with Gasteiger partial charge < -0.3 is 0 Å². The first-order valence-electron chi connectivity index (χ1n) is 10.4. The average Bonchev–Trinajstić information content (AvgIpc) is 2.76. The van der Waals surface area contributed by atoms with Crippen molar-refractivity contribution in [3.05, 3.63) is 70.8 Å². The van der Waals surface area contributed by atoms with E-state index in [2.05, 4.69) is 24.3 Å². The van der Waals surface area contributed by atoms with Crippen LogP contribution in [0.25, 0.3) is 0 Å². The number of hydrogen-bond donors (Lipinski definition) is 0. The molecule has 2 aromatic rings. The molecule has 3 aliphatic carbocycles. The van der Waals surface area contributed by atoms with Gasteiger partial charge in [0.2, 0.25) is 0 Å². The molecule has 10 heteroatoms. The lowest BCUT2D eigenvalue weighted by Crippen LogP contribution is -2.45. The van der Waals surface area contributed by atoms with E-state index in [1.54, 1.807) is 0 Å². The van der Waals surface area contributed by atoms with Gasteiger partial charge in [0.1, 0.15) is 0 Å². The molecule has 174 valence electrons. The van der Waals surface area contributed by atoms with Crippen LogP contribution in [-0.2, 0) is 29.0 Å². The number of benzene rings is 2. The van der Waals surface area contributed by atoms with Gasteiger partial charge in [-0.3, -0.25) is 8.37 Å². The lowest BCUT2D eigenvalue weighted by atomic mass is 9.54. The monoisotopic (exact) mass is 480 g/mol. The lowest BCUT2D eigenvalue weighted by Gasteiger charge is -2.50. The van der Waals surface area contributed by atoms with Crippen LogP contribution in [0.3, 0.4) is 0 Å². The van der Waals surface area contributed by atoms with Crippen molar-refractivity contribution in [2.75, 3.05) is 41.4 Å². The highest BCUT2D eigenvalue weighted by atomic mass is 32.2. The molecule has 0 heterocycles. The third-order valence-corrected chi connectivity index (χ3v) is 9.11. The van der Waals surface area contributed by atoms with Crippen LogP contribution in [0, 0.1) is 11.8 Å². The highest BCUT2D eigenvalue weighted by Gasteiger charge is 2.50. The molecule has 0 aliphatic heterocycles. The standard InChI is InChI=1S/C22H28N2O6S2/c1-23(2)31(25,26)29-13-19-20(14-30-32(27,28)24(3)4)22-17-11-7-5-9-15(17)21(19)16-10-6-8-12-18(16)22/h5-12,19-22H,13-14H2,1-4H3/t19-,20-,21?,22?/m1/s1. The summed E-state index contributed by atoms with van der Waals surface area (Å²) in [7, 11) is -2.11. The first-order valence-corrected chi connectivity index (χ1v) is 13.1. The summed E-state index contributed by atoms with van der Waals surface area (Å²) in [6, 6.07) is 16.1. The molecule has 0 saturated carbocycles. The van der Waals surface area contributed by atoms with Crippen molar-refractivity contribution < 1.29 is 25.2 Å². The fourth-order valence-electron chi connectivity index (χ4n) is 4.89. The van der Waals surface area contributed by atoms with Gasteiger partial charge in [-0.2, -0.15) is 25.4 Å². The molecule has 5 rings (SSSR count). The van der Waals surface area contributed by atoms with Gasteiger partial charge in [0.15, 0.2) is 0 Å². The molecule has 0 aromatic heterocycles. The minimum absolute atomic E-state index is 0.0691. The van der Waals surface area contributed by atoms with E-state index in [-0.39, 0.29) is 36.9 Å². The lowest BCUT2D eigenvalue weighted by molar-refractivity contribution is 0.0976. The topological polar surface area (TPSA) is 93.2 Å². The highest BCUT2D eigenvalue weighted by Crippen LogP contribution is 2.58. The maximum absolute atomic E-state index is 12.4. The SMILES string of the molecule is CN(C)S(=O)(=O)OC[C@H]1C2c3ccccc3C(c3ccccc32)[C@@H]1COS(=O)(=O)N(C)C. The predicted octanol–water partition coefficient (Wildman–Crippen LogP) is 2.16. The van der Waals surface area contributed by atoms with E-state index in [1.807, 2.05) is 24.3 Å². The molecule has 0 amide bonds. The van der Waals surface area contributed by atoms with Crippen LogP contribution in [-0.4, -0.2) is 66.9 Å². The molecule has 0 saturated heterocycles. The van der Waals surface area contributed by atoms with Gasteiger partial charge >= 0.3 is 20.6 Å². The summed E-state index contributed by atoms with van der Waals surface area (Å²) in [5.74, 6) is -0.811. The van der Waals surface area contributed by atoms with Gasteiger partial charge in [-0.25, -0.2) is 0 Å². The van der Waals surface area contributed by atoms with E-state index in [9.17, 15) is 16.8 Å². The van der Waals surface area contributed by atoms with Gasteiger partial charge in [-0.1, -0.05) is 48.5 Å². The van der Waals surface area contributed by atoms with Crippen molar-refractivity contribution in [1.29, 1.82) is 0 Å². The number of nitrogens with zero attached hydrogens (tertiary/aromatic N) is 2. The predicted molar refractivity (Wildman–Crippen MR) is 121 cm³/mol. The molecular formula is C22H28N2O6S2. The molecule has 0 fully saturated rings. The Balaban J connectivity index is 1.78. The van der Waals surface area contributed by atoms with Crippen LogP contribution in [0.5, 0.6) is 0 Å². The van der Waals surface area contributed by atoms with Crippen molar-refractivity contribution in [2.24, 2.45) is 11.8 Å². The van der Waals surface area contributed by atoms with E-state index in [0.717, 1.165) is 30.9 Å². The molecule has 2 aromatic carbocycles. The second kappa shape index (κ2) is 8.51. The van der Waals surface area contributed by atoms with E-state index < -0.39 is 20.6 Å². The summed E-state index contributed by atoms with van der Waals surface area (Å²) in [6.45, 7) is -0.138. The van der Waals surface area contributed by atoms with Crippen molar-refractivity contribution in [3.63, 3.8) is 0 Å². The maximum Gasteiger partial charge on any atom is 0.337 e. The summed E-state index contributed by atoms with van der Waals surface area (Å²) in [4.78, 5) is 0. The Hall–Kier alpha value is -1.82. The largest absolute Gasteiger partial charge is 0.337 e. The third kappa shape index (κ3) is 4.00. The van der Waals surface area contributed by atoms with Gasteiger partial charge in [-0.15, -0.1) is 0 Å². The summed E-state index contributed by atoms with van der Waals surface area (Å²) >= 11 is 0. The van der Waals surface area contributed by atoms with Crippen molar-refractivity contribution >= 4 is 20.6 Å². The minimum atomic E-state index is -3.88. The summed E-state index contributed by atoms with van der Waals surface area (Å²) in [6.07, 6.45) is 0. The van der Waals surface area contributed by atoms with E-state index in [0.29, 0.717) is 0 Å². The summed E-state index contributed by atoms with van der Waals surface area (Å²) in [5.41, 5.74) is 4.50. The fourth-order valence-corrected chi connectivity index (χ4v) is 5.97. The Kier molecular flexibility index (Phi) is 6.21. The fraction of sp³-hybridized carbons (Fsp3) is 0.455. The van der Waals surface area contributed by atoms with Crippen molar-refractivity contribution in [2.45, 2.75) is 11.8 Å². The second-order valence-corrected chi connectivity index (χ2v) is 12.2.